The predicted octanol–water partition coefficient (Wildman–Crippen LogP) is 0.286. The maximum Gasteiger partial charge on any atom is 0.186 e. The van der Waals surface area contributed by atoms with Gasteiger partial charge in [0.2, 0.25) is 0 Å². The van der Waals surface area contributed by atoms with Crippen LogP contribution in [0.25, 0.3) is 0 Å². The van der Waals surface area contributed by atoms with Crippen molar-refractivity contribution in [1.82, 2.24) is 21.5 Å². The molecule has 17 heavy (non-hydrogen) atoms. The van der Waals surface area contributed by atoms with E-state index in [1.165, 1.54) is 6.21 Å². The third-order valence-electron chi connectivity index (χ3n) is 1.47. The van der Waals surface area contributed by atoms with Gasteiger partial charge in [-0.25, -0.2) is 0 Å². The van der Waals surface area contributed by atoms with Crippen molar-refractivity contribution in [3.8, 4) is 0 Å². The molecule has 6 nitrogen and oxygen atoms in total. The summed E-state index contributed by atoms with van der Waals surface area (Å²) in [5.41, 5.74) is 5.66. The fourth-order valence-electron chi connectivity index (χ4n) is 0.764. The average Bonchev–Trinajstić information content (AvgIpc) is 2.30. The number of rotatable bonds is 7. The Hall–Kier alpha value is -0.860. The van der Waals surface area contributed by atoms with E-state index in [4.69, 9.17) is 12.2 Å². The van der Waals surface area contributed by atoms with Crippen molar-refractivity contribution in [3.63, 3.8) is 0 Å². The molecule has 0 fully saturated rings. The number of hydrazone groups is 2. The van der Waals surface area contributed by atoms with Crippen molar-refractivity contribution in [2.75, 3.05) is 14.1 Å². The van der Waals surface area contributed by atoms with Gasteiger partial charge in [-0.05, 0) is 19.3 Å². The van der Waals surface area contributed by atoms with E-state index in [2.05, 4.69) is 45.5 Å². The van der Waals surface area contributed by atoms with Crippen molar-refractivity contribution in [2.45, 2.75) is 24.6 Å². The zero-order valence-corrected chi connectivity index (χ0v) is 12.2. The second kappa shape index (κ2) is 10.3. The number of hydrogen-bond donors (Lipinski definition) is 4. The summed E-state index contributed by atoms with van der Waals surface area (Å²) in [5, 5.41) is 14.7. The van der Waals surface area contributed by atoms with Crippen LogP contribution >= 0.6 is 24.0 Å². The van der Waals surface area contributed by atoms with Gasteiger partial charge in [-0.1, -0.05) is 13.8 Å². The lowest BCUT2D eigenvalue weighted by molar-refractivity contribution is 0.616. The molecule has 0 radical (unpaired) electrons. The molecule has 4 N–H and O–H groups in total. The lowest BCUT2D eigenvalue weighted by atomic mass is 10.6. The highest BCUT2D eigenvalue weighted by molar-refractivity contribution is 8.00. The van der Waals surface area contributed by atoms with E-state index in [-0.39, 0.29) is 5.50 Å². The minimum absolute atomic E-state index is 0.0889. The zero-order chi connectivity index (χ0) is 13.1. The molecule has 1 unspecified atom stereocenters. The molecule has 0 amide bonds. The van der Waals surface area contributed by atoms with Gasteiger partial charge in [0.25, 0.3) is 0 Å². The average molecular weight is 276 g/mol. The zero-order valence-electron chi connectivity index (χ0n) is 10.5. The lowest BCUT2D eigenvalue weighted by Crippen LogP contribution is -2.35. The normalized spacial score (nSPS) is 13.2. The number of thioether (sulfide) groups is 1. The molecule has 0 aromatic carbocycles. The fraction of sp³-hybridized carbons (Fsp3) is 0.667. The van der Waals surface area contributed by atoms with Crippen molar-refractivity contribution in [2.24, 2.45) is 10.2 Å². The number of thiocarbonyl (C=S) groups is 1. The fourth-order valence-corrected chi connectivity index (χ4v) is 1.62. The molecule has 0 rings (SSSR count). The Morgan fingerprint density at radius 1 is 1.24 bits per heavy atom. The van der Waals surface area contributed by atoms with Crippen LogP contribution in [-0.2, 0) is 0 Å². The SMILES string of the molecule is CNC(=S)N/N=C/C=N/NC(NC)SC(C)C. The number of hydrogen-bond acceptors (Lipinski definition) is 6. The van der Waals surface area contributed by atoms with E-state index in [0.29, 0.717) is 10.4 Å². The highest BCUT2D eigenvalue weighted by Crippen LogP contribution is 2.11. The first kappa shape index (κ1) is 16.1. The second-order valence-corrected chi connectivity index (χ2v) is 5.32. The highest BCUT2D eigenvalue weighted by Gasteiger charge is 2.05. The molecule has 0 bridgehead atoms. The summed E-state index contributed by atoms with van der Waals surface area (Å²) in [6, 6.07) is 0. The maximum absolute atomic E-state index is 4.83. The second-order valence-electron chi connectivity index (χ2n) is 3.23. The van der Waals surface area contributed by atoms with E-state index in [1.54, 1.807) is 25.0 Å². The van der Waals surface area contributed by atoms with E-state index >= 15 is 0 Å². The summed E-state index contributed by atoms with van der Waals surface area (Å²) in [6.07, 6.45) is 3.07. The van der Waals surface area contributed by atoms with E-state index in [1.807, 2.05) is 7.05 Å². The van der Waals surface area contributed by atoms with Gasteiger partial charge in [-0.2, -0.15) is 10.2 Å². The van der Waals surface area contributed by atoms with Crippen LogP contribution in [-0.4, -0.2) is 42.4 Å². The monoisotopic (exact) mass is 276 g/mol. The van der Waals surface area contributed by atoms with Gasteiger partial charge in [0.15, 0.2) is 5.11 Å². The van der Waals surface area contributed by atoms with Gasteiger partial charge in [-0.15, -0.1) is 11.8 Å². The number of nitrogens with zero attached hydrogens (tertiary/aromatic N) is 2. The van der Waals surface area contributed by atoms with Crippen molar-refractivity contribution >= 4 is 41.5 Å². The Kier molecular flexibility index (Phi) is 9.78. The van der Waals surface area contributed by atoms with Crippen LogP contribution in [0.3, 0.4) is 0 Å². The first-order valence-corrected chi connectivity index (χ1v) is 6.56. The molecule has 0 aromatic heterocycles. The lowest BCUT2D eigenvalue weighted by Gasteiger charge is -2.16. The Labute approximate surface area is 112 Å². The van der Waals surface area contributed by atoms with Crippen LogP contribution in [0.5, 0.6) is 0 Å². The van der Waals surface area contributed by atoms with Crippen molar-refractivity contribution < 1.29 is 0 Å². The molecule has 1 atom stereocenters. The van der Waals surface area contributed by atoms with Crippen LogP contribution in [0, 0.1) is 0 Å². The summed E-state index contributed by atoms with van der Waals surface area (Å²) in [4.78, 5) is 0. The van der Waals surface area contributed by atoms with Crippen molar-refractivity contribution in [3.05, 3.63) is 0 Å². The largest absolute Gasteiger partial charge is 0.364 e. The molecule has 0 aliphatic heterocycles. The Bertz CT molecular complexity index is 266. The third-order valence-corrected chi connectivity index (χ3v) is 2.92. The summed E-state index contributed by atoms with van der Waals surface area (Å²) in [5.74, 6) is 0. The highest BCUT2D eigenvalue weighted by atomic mass is 32.2. The summed E-state index contributed by atoms with van der Waals surface area (Å²) in [6.45, 7) is 4.26. The van der Waals surface area contributed by atoms with Crippen LogP contribution in [0.15, 0.2) is 10.2 Å². The molecule has 98 valence electrons. The maximum atomic E-state index is 4.83. The molecule has 0 saturated heterocycles. The smallest absolute Gasteiger partial charge is 0.186 e. The quantitative estimate of drug-likeness (QED) is 0.232. The minimum Gasteiger partial charge on any atom is -0.364 e. The molecule has 0 saturated carbocycles. The minimum atomic E-state index is 0.0889. The molecule has 0 spiro atoms. The van der Waals surface area contributed by atoms with Gasteiger partial charge in [0, 0.05) is 12.3 Å². The molecule has 0 aromatic rings. The van der Waals surface area contributed by atoms with E-state index < -0.39 is 0 Å². The molecule has 0 aliphatic rings. The molecule has 0 heterocycles. The Morgan fingerprint density at radius 3 is 2.41 bits per heavy atom. The van der Waals surface area contributed by atoms with Crippen LogP contribution in [0.2, 0.25) is 0 Å². The van der Waals surface area contributed by atoms with Gasteiger partial charge >= 0.3 is 0 Å². The first-order chi connectivity index (χ1) is 8.10. The van der Waals surface area contributed by atoms with Gasteiger partial charge in [0.1, 0.15) is 5.50 Å². The number of nitrogens with one attached hydrogen (secondary N) is 4. The van der Waals surface area contributed by atoms with Crippen LogP contribution in [0.1, 0.15) is 13.8 Å². The molecular formula is C9H20N6S2. The standard InChI is InChI=1S/C9H20N6S2/c1-7(2)17-9(11-4)15-13-6-5-12-14-8(16)10-3/h5-7,9,11,15H,1-4H3,(H2,10,14,16)/b12-5+,13-6+. The van der Waals surface area contributed by atoms with E-state index in [9.17, 15) is 0 Å². The third kappa shape index (κ3) is 10.0. The Balaban J connectivity index is 3.81. The summed E-state index contributed by atoms with van der Waals surface area (Å²) >= 11 is 6.58. The summed E-state index contributed by atoms with van der Waals surface area (Å²) < 4.78 is 0. The molecular weight excluding hydrogens is 256 g/mol. The molecule has 8 heteroatoms. The summed E-state index contributed by atoms with van der Waals surface area (Å²) in [7, 11) is 3.60. The first-order valence-electron chi connectivity index (χ1n) is 5.20. The predicted molar refractivity (Wildman–Crippen MR) is 80.5 cm³/mol. The molecule has 0 aliphatic carbocycles. The topological polar surface area (TPSA) is 72.8 Å². The van der Waals surface area contributed by atoms with Gasteiger partial charge in [0.05, 0.1) is 12.4 Å². The van der Waals surface area contributed by atoms with Crippen LogP contribution < -0.4 is 21.5 Å². The van der Waals surface area contributed by atoms with E-state index in [0.717, 1.165) is 0 Å². The van der Waals surface area contributed by atoms with Crippen LogP contribution in [0.4, 0.5) is 0 Å². The van der Waals surface area contributed by atoms with Gasteiger partial charge in [-0.3, -0.25) is 16.2 Å². The van der Waals surface area contributed by atoms with Crippen molar-refractivity contribution in [1.29, 1.82) is 0 Å². The Morgan fingerprint density at radius 2 is 1.88 bits per heavy atom. The van der Waals surface area contributed by atoms with Gasteiger partial charge < -0.3 is 5.32 Å².